The first-order valence-corrected chi connectivity index (χ1v) is 20.9. The van der Waals surface area contributed by atoms with Crippen LogP contribution in [0.3, 0.4) is 0 Å². The summed E-state index contributed by atoms with van der Waals surface area (Å²) in [6.07, 6.45) is 8.63. The Morgan fingerprint density at radius 3 is 1.97 bits per heavy atom. The van der Waals surface area contributed by atoms with E-state index in [-0.39, 0.29) is 12.0 Å². The number of fused-ring (bicyclic) bond motifs is 12. The maximum atomic E-state index is 7.10. The van der Waals surface area contributed by atoms with Crippen molar-refractivity contribution in [2.45, 2.75) is 12.0 Å². The predicted octanol–water partition coefficient (Wildman–Crippen LogP) is 13.8. The second-order valence-corrected chi connectivity index (χ2v) is 16.0. The first-order valence-electron chi connectivity index (χ1n) is 20.9. The van der Waals surface area contributed by atoms with Gasteiger partial charge in [0.05, 0.1) is 38.8 Å². The first kappa shape index (κ1) is 33.9. The minimum Gasteiger partial charge on any atom is -0.484 e. The summed E-state index contributed by atoms with van der Waals surface area (Å²) in [6, 6.07) is 64.9. The molecule has 2 unspecified atom stereocenters. The number of hydrogen-bond donors (Lipinski definition) is 0. The van der Waals surface area contributed by atoms with E-state index < -0.39 is 0 Å². The van der Waals surface area contributed by atoms with E-state index in [0.29, 0.717) is 5.82 Å². The van der Waals surface area contributed by atoms with Crippen molar-refractivity contribution in [1.29, 1.82) is 0 Å². The molecule has 286 valence electrons. The fourth-order valence-electron chi connectivity index (χ4n) is 9.94. The molecule has 0 spiro atoms. The lowest BCUT2D eigenvalue weighted by Gasteiger charge is -2.16. The quantitative estimate of drug-likeness (QED) is 0.175. The van der Waals surface area contributed by atoms with Crippen LogP contribution in [0.2, 0.25) is 0 Å². The summed E-state index contributed by atoms with van der Waals surface area (Å²) in [7, 11) is 0. The van der Waals surface area contributed by atoms with Gasteiger partial charge < -0.3 is 13.9 Å². The third-order valence-electron chi connectivity index (χ3n) is 12.6. The lowest BCUT2D eigenvalue weighted by atomic mass is 9.89. The third kappa shape index (κ3) is 5.14. The molecule has 1 aliphatic heterocycles. The standard InChI is InChI=1S/C56H36N4O/c1-4-17-36(18-5-1)46-34-47(58-56(57-46)37-19-6-2-7-20-37)45-33-44-42-25-13-15-27-51(42)61-55(44)53-52-40-23-11-10-16-35(40)28-30-50(52)60(54(45)53)39-29-31-49-43(32-39)41-24-12-14-26-48(41)59(49)38-21-8-3-9-22-38/h1-34,42,51H. The van der Waals surface area contributed by atoms with Gasteiger partial charge in [0.25, 0.3) is 0 Å². The molecule has 0 bridgehead atoms. The molecule has 0 radical (unpaired) electrons. The molecule has 1 aliphatic carbocycles. The van der Waals surface area contributed by atoms with Gasteiger partial charge in [0.1, 0.15) is 11.9 Å². The monoisotopic (exact) mass is 780 g/mol. The molecule has 4 heterocycles. The van der Waals surface area contributed by atoms with Crippen molar-refractivity contribution in [3.8, 4) is 51.0 Å². The molecule has 0 saturated heterocycles. The van der Waals surface area contributed by atoms with Gasteiger partial charge in [-0.3, -0.25) is 0 Å². The Kier molecular flexibility index (Phi) is 7.36. The number of aromatic nitrogens is 4. The van der Waals surface area contributed by atoms with Gasteiger partial charge >= 0.3 is 0 Å². The van der Waals surface area contributed by atoms with Crippen LogP contribution in [0.1, 0.15) is 11.5 Å². The molecular formula is C56H36N4O. The van der Waals surface area contributed by atoms with Crippen LogP contribution in [-0.4, -0.2) is 25.2 Å². The number of allylic oxidation sites excluding steroid dienone is 2. The molecular weight excluding hydrogens is 745 g/mol. The van der Waals surface area contributed by atoms with Crippen LogP contribution >= 0.6 is 0 Å². The van der Waals surface area contributed by atoms with Crippen LogP contribution in [0.4, 0.5) is 0 Å². The maximum Gasteiger partial charge on any atom is 0.160 e. The van der Waals surface area contributed by atoms with Gasteiger partial charge in [0.2, 0.25) is 0 Å². The number of hydrogen-bond acceptors (Lipinski definition) is 3. The summed E-state index contributed by atoms with van der Waals surface area (Å²) in [5, 5.41) is 7.04. The highest BCUT2D eigenvalue weighted by Crippen LogP contribution is 2.53. The lowest BCUT2D eigenvalue weighted by Crippen LogP contribution is -2.15. The van der Waals surface area contributed by atoms with Crippen molar-refractivity contribution in [2.24, 2.45) is 0 Å². The fraction of sp³-hybridized carbons (Fsp3) is 0.0357. The number of benzene rings is 8. The van der Waals surface area contributed by atoms with Gasteiger partial charge in [-0.2, -0.15) is 0 Å². The highest BCUT2D eigenvalue weighted by Gasteiger charge is 2.37. The van der Waals surface area contributed by atoms with E-state index in [2.05, 4.69) is 203 Å². The zero-order chi connectivity index (χ0) is 40.0. The number of nitrogens with zero attached hydrogens (tertiary/aromatic N) is 4. The van der Waals surface area contributed by atoms with Crippen molar-refractivity contribution in [3.63, 3.8) is 0 Å². The SMILES string of the molecule is C1=CC2Oc3c(cc(-c4cc(-c5ccccc5)nc(-c5ccccc5)n4)c4c3c3c5ccccc5ccc3n4-c3ccc4c(c3)c3ccccc3n4-c3ccccc3)C2C=C1. The van der Waals surface area contributed by atoms with E-state index >= 15 is 0 Å². The van der Waals surface area contributed by atoms with E-state index in [0.717, 1.165) is 67.1 Å². The Labute approximate surface area is 351 Å². The zero-order valence-corrected chi connectivity index (χ0v) is 33.0. The second kappa shape index (κ2) is 13.2. The summed E-state index contributed by atoms with van der Waals surface area (Å²) in [5.41, 5.74) is 12.6. The maximum absolute atomic E-state index is 7.10. The molecule has 61 heavy (non-hydrogen) atoms. The Hall–Kier alpha value is -8.02. The van der Waals surface area contributed by atoms with Gasteiger partial charge in [-0.15, -0.1) is 0 Å². The summed E-state index contributed by atoms with van der Waals surface area (Å²) in [5.74, 6) is 1.69. The van der Waals surface area contributed by atoms with Gasteiger partial charge in [0.15, 0.2) is 5.82 Å². The van der Waals surface area contributed by atoms with Gasteiger partial charge in [-0.25, -0.2) is 9.97 Å². The Morgan fingerprint density at radius 2 is 1.13 bits per heavy atom. The normalized spacial score (nSPS) is 15.5. The van der Waals surface area contributed by atoms with E-state index in [1.807, 2.05) is 12.1 Å². The predicted molar refractivity (Wildman–Crippen MR) is 250 cm³/mol. The lowest BCUT2D eigenvalue weighted by molar-refractivity contribution is 0.271. The van der Waals surface area contributed by atoms with Crippen LogP contribution in [-0.2, 0) is 0 Å². The average Bonchev–Trinajstić information content (AvgIpc) is 4.00. The Bertz CT molecular complexity index is 3560. The highest BCUT2D eigenvalue weighted by atomic mass is 16.5. The number of rotatable bonds is 5. The molecule has 8 aromatic carbocycles. The second-order valence-electron chi connectivity index (χ2n) is 16.0. The highest BCUT2D eigenvalue weighted by molar-refractivity contribution is 6.26. The average molecular weight is 781 g/mol. The summed E-state index contributed by atoms with van der Waals surface area (Å²) in [6.45, 7) is 0. The molecule has 0 fully saturated rings. The van der Waals surface area contributed by atoms with Crippen molar-refractivity contribution >= 4 is 54.4 Å². The Balaban J connectivity index is 1.19. The van der Waals surface area contributed by atoms with Crippen molar-refractivity contribution in [1.82, 2.24) is 19.1 Å². The van der Waals surface area contributed by atoms with Crippen molar-refractivity contribution < 1.29 is 4.74 Å². The molecule has 2 aliphatic rings. The minimum atomic E-state index is -0.0996. The van der Waals surface area contributed by atoms with E-state index in [1.165, 1.54) is 38.0 Å². The summed E-state index contributed by atoms with van der Waals surface area (Å²) in [4.78, 5) is 10.7. The fourth-order valence-corrected chi connectivity index (χ4v) is 9.94. The van der Waals surface area contributed by atoms with Crippen LogP contribution in [0.25, 0.3) is 99.7 Å². The molecule has 5 heteroatoms. The molecule has 11 aromatic rings. The number of ether oxygens (including phenoxy) is 1. The van der Waals surface area contributed by atoms with Crippen molar-refractivity contribution in [3.05, 3.63) is 212 Å². The first-order chi connectivity index (χ1) is 30.3. The molecule has 0 amide bonds. The van der Waals surface area contributed by atoms with Gasteiger partial charge in [0, 0.05) is 55.7 Å². The summed E-state index contributed by atoms with van der Waals surface area (Å²) < 4.78 is 11.9. The largest absolute Gasteiger partial charge is 0.484 e. The van der Waals surface area contributed by atoms with Crippen LogP contribution in [0, 0.1) is 0 Å². The molecule has 3 aromatic heterocycles. The molecule has 0 saturated carbocycles. The van der Waals surface area contributed by atoms with Gasteiger partial charge in [-0.05, 0) is 71.4 Å². The van der Waals surface area contributed by atoms with E-state index in [1.54, 1.807) is 0 Å². The van der Waals surface area contributed by atoms with Crippen LogP contribution in [0.15, 0.2) is 206 Å². The number of para-hydroxylation sites is 2. The van der Waals surface area contributed by atoms with Crippen molar-refractivity contribution in [2.75, 3.05) is 0 Å². The summed E-state index contributed by atoms with van der Waals surface area (Å²) >= 11 is 0. The zero-order valence-electron chi connectivity index (χ0n) is 33.0. The van der Waals surface area contributed by atoms with Gasteiger partial charge in [-0.1, -0.05) is 146 Å². The molecule has 2 atom stereocenters. The van der Waals surface area contributed by atoms with Crippen LogP contribution < -0.4 is 4.74 Å². The third-order valence-corrected chi connectivity index (χ3v) is 12.6. The molecule has 5 nitrogen and oxygen atoms in total. The Morgan fingerprint density at radius 1 is 0.459 bits per heavy atom. The minimum absolute atomic E-state index is 0.0704. The van der Waals surface area contributed by atoms with E-state index in [4.69, 9.17) is 14.7 Å². The van der Waals surface area contributed by atoms with E-state index in [9.17, 15) is 0 Å². The smallest absolute Gasteiger partial charge is 0.160 e. The van der Waals surface area contributed by atoms with Crippen LogP contribution in [0.5, 0.6) is 5.75 Å². The molecule has 0 N–H and O–H groups in total. The topological polar surface area (TPSA) is 44.9 Å². The molecule has 13 rings (SSSR count).